The molecule has 0 unspecified atom stereocenters. The molecule has 0 amide bonds. The minimum atomic E-state index is 0.0565. The van der Waals surface area contributed by atoms with E-state index in [4.69, 9.17) is 11.5 Å². The summed E-state index contributed by atoms with van der Waals surface area (Å²) in [7, 11) is 1.76. The van der Waals surface area contributed by atoms with Gasteiger partial charge in [-0.1, -0.05) is 6.07 Å². The van der Waals surface area contributed by atoms with Gasteiger partial charge in [0, 0.05) is 23.9 Å². The first kappa shape index (κ1) is 14.6. The molecule has 1 aromatic carbocycles. The lowest BCUT2D eigenvalue weighted by Crippen LogP contribution is -2.04. The number of nitrogens with zero attached hydrogens (tertiary/aromatic N) is 4. The van der Waals surface area contributed by atoms with E-state index in [1.807, 2.05) is 13.0 Å². The molecule has 8 heteroatoms. The Hall–Kier alpha value is -3.29. The maximum Gasteiger partial charge on any atom is 0.224 e. The van der Waals surface area contributed by atoms with Crippen LogP contribution in [0.3, 0.4) is 0 Å². The molecule has 0 saturated heterocycles. The number of carbonyl (C=O) groups excluding carboxylic acids is 1. The van der Waals surface area contributed by atoms with Crippen molar-refractivity contribution in [3.05, 3.63) is 29.5 Å². The van der Waals surface area contributed by atoms with Gasteiger partial charge in [-0.15, -0.1) is 0 Å². The van der Waals surface area contributed by atoms with Crippen molar-refractivity contribution in [3.63, 3.8) is 0 Å². The fourth-order valence-electron chi connectivity index (χ4n) is 2.52. The fraction of sp³-hybridized carbons (Fsp3) is 0.133. The summed E-state index contributed by atoms with van der Waals surface area (Å²) in [6, 6.07) is 3.56. The van der Waals surface area contributed by atoms with Crippen LogP contribution in [-0.2, 0) is 0 Å². The maximum atomic E-state index is 11.1. The molecule has 0 saturated carbocycles. The van der Waals surface area contributed by atoms with Gasteiger partial charge < -0.3 is 16.8 Å². The molecule has 0 aliphatic rings. The molecule has 0 radical (unpaired) electrons. The van der Waals surface area contributed by atoms with Gasteiger partial charge in [-0.2, -0.15) is 9.97 Å². The van der Waals surface area contributed by atoms with Gasteiger partial charge in [0.15, 0.2) is 23.3 Å². The number of fused-ring (bicyclic) bond motifs is 1. The van der Waals surface area contributed by atoms with Crippen molar-refractivity contribution >= 4 is 34.9 Å². The minimum Gasteiger partial charge on any atom is -0.387 e. The van der Waals surface area contributed by atoms with Crippen molar-refractivity contribution in [2.75, 3.05) is 23.8 Å². The zero-order valence-electron chi connectivity index (χ0n) is 12.7. The average molecular weight is 309 g/mol. The van der Waals surface area contributed by atoms with Crippen LogP contribution in [-0.4, -0.2) is 33.3 Å². The van der Waals surface area contributed by atoms with E-state index in [0.29, 0.717) is 22.4 Å². The Bertz CT molecular complexity index is 923. The van der Waals surface area contributed by atoms with Gasteiger partial charge in [0.25, 0.3) is 0 Å². The van der Waals surface area contributed by atoms with Gasteiger partial charge in [-0.25, -0.2) is 9.97 Å². The molecule has 0 aliphatic carbocycles. The molecule has 0 aliphatic heterocycles. The molecular formula is C15H15N7O. The highest BCUT2D eigenvalue weighted by Gasteiger charge is 2.13. The number of carbonyl (C=O) groups is 1. The second-order valence-electron chi connectivity index (χ2n) is 4.96. The summed E-state index contributed by atoms with van der Waals surface area (Å²) >= 11 is 0. The molecule has 2 aromatic heterocycles. The average Bonchev–Trinajstić information content (AvgIpc) is 2.54. The predicted octanol–water partition coefficient (Wildman–Crippen LogP) is 1.41. The SMILES string of the molecule is CNc1c(C=O)ccc(-c2cnc3nc(N)nc(N)c3n2)c1C. The quantitative estimate of drug-likeness (QED) is 0.618. The summed E-state index contributed by atoms with van der Waals surface area (Å²) in [4.78, 5) is 27.8. The van der Waals surface area contributed by atoms with Crippen molar-refractivity contribution in [1.82, 2.24) is 19.9 Å². The number of nitrogens with two attached hydrogens (primary N) is 2. The monoisotopic (exact) mass is 309 g/mol. The van der Waals surface area contributed by atoms with Crippen LogP contribution in [0.4, 0.5) is 17.5 Å². The highest BCUT2D eigenvalue weighted by atomic mass is 16.1. The molecule has 8 nitrogen and oxygen atoms in total. The predicted molar refractivity (Wildman–Crippen MR) is 89.1 cm³/mol. The van der Waals surface area contributed by atoms with Crippen LogP contribution in [0.2, 0.25) is 0 Å². The first-order chi connectivity index (χ1) is 11.0. The Kier molecular flexibility index (Phi) is 3.49. The molecular weight excluding hydrogens is 294 g/mol. The molecule has 23 heavy (non-hydrogen) atoms. The summed E-state index contributed by atoms with van der Waals surface area (Å²) in [5.74, 6) is 0.235. The van der Waals surface area contributed by atoms with Crippen LogP contribution in [0.15, 0.2) is 18.3 Å². The highest BCUT2D eigenvalue weighted by molar-refractivity contribution is 5.90. The van der Waals surface area contributed by atoms with Crippen molar-refractivity contribution in [3.8, 4) is 11.3 Å². The molecule has 5 N–H and O–H groups in total. The standard InChI is InChI=1S/C15H15N7O/c1-7-9(4-3-8(6-23)11(7)18-2)10-5-19-14-12(20-10)13(16)21-15(17)22-14/h3-6,18H,1-2H3,(H4,16,17,19,21,22). The number of anilines is 3. The van der Waals surface area contributed by atoms with E-state index in [-0.39, 0.29) is 11.8 Å². The topological polar surface area (TPSA) is 133 Å². The molecule has 0 spiro atoms. The number of nitrogens with one attached hydrogen (secondary N) is 1. The van der Waals surface area contributed by atoms with Gasteiger partial charge in [0.2, 0.25) is 5.95 Å². The van der Waals surface area contributed by atoms with E-state index in [1.165, 1.54) is 0 Å². The van der Waals surface area contributed by atoms with Crippen molar-refractivity contribution in [1.29, 1.82) is 0 Å². The van der Waals surface area contributed by atoms with Gasteiger partial charge in [-0.05, 0) is 18.6 Å². The van der Waals surface area contributed by atoms with E-state index < -0.39 is 0 Å². The number of aldehydes is 1. The van der Waals surface area contributed by atoms with Crippen LogP contribution < -0.4 is 16.8 Å². The van der Waals surface area contributed by atoms with E-state index in [9.17, 15) is 4.79 Å². The summed E-state index contributed by atoms with van der Waals surface area (Å²) in [5.41, 5.74) is 15.8. The maximum absolute atomic E-state index is 11.1. The lowest BCUT2D eigenvalue weighted by atomic mass is 10.00. The highest BCUT2D eigenvalue weighted by Crippen LogP contribution is 2.30. The van der Waals surface area contributed by atoms with Crippen molar-refractivity contribution < 1.29 is 4.79 Å². The number of hydrogen-bond acceptors (Lipinski definition) is 8. The second kappa shape index (κ2) is 5.48. The molecule has 116 valence electrons. The fourth-order valence-corrected chi connectivity index (χ4v) is 2.52. The second-order valence-corrected chi connectivity index (χ2v) is 4.96. The van der Waals surface area contributed by atoms with E-state index >= 15 is 0 Å². The first-order valence-electron chi connectivity index (χ1n) is 6.87. The Morgan fingerprint density at radius 1 is 1.17 bits per heavy atom. The van der Waals surface area contributed by atoms with Crippen LogP contribution in [0.25, 0.3) is 22.4 Å². The van der Waals surface area contributed by atoms with E-state index in [1.54, 1.807) is 19.3 Å². The minimum absolute atomic E-state index is 0.0565. The third kappa shape index (κ3) is 2.39. The lowest BCUT2D eigenvalue weighted by Gasteiger charge is -2.13. The number of nitrogen functional groups attached to an aromatic ring is 2. The zero-order chi connectivity index (χ0) is 16.6. The van der Waals surface area contributed by atoms with Crippen LogP contribution >= 0.6 is 0 Å². The Balaban J connectivity index is 2.23. The first-order valence-corrected chi connectivity index (χ1v) is 6.87. The van der Waals surface area contributed by atoms with Crippen LogP contribution in [0.1, 0.15) is 15.9 Å². The number of aromatic nitrogens is 4. The van der Waals surface area contributed by atoms with Crippen LogP contribution in [0.5, 0.6) is 0 Å². The van der Waals surface area contributed by atoms with Gasteiger partial charge >= 0.3 is 0 Å². The summed E-state index contributed by atoms with van der Waals surface area (Å²) in [6.45, 7) is 1.91. The Morgan fingerprint density at radius 3 is 2.65 bits per heavy atom. The molecule has 3 rings (SSSR count). The number of benzene rings is 1. The summed E-state index contributed by atoms with van der Waals surface area (Å²) in [6.07, 6.45) is 2.40. The molecule has 0 atom stereocenters. The zero-order valence-corrected chi connectivity index (χ0v) is 12.7. The van der Waals surface area contributed by atoms with Gasteiger partial charge in [-0.3, -0.25) is 4.79 Å². The molecule has 0 fully saturated rings. The van der Waals surface area contributed by atoms with Crippen LogP contribution in [0, 0.1) is 6.92 Å². The van der Waals surface area contributed by atoms with Gasteiger partial charge in [0.05, 0.1) is 11.9 Å². The van der Waals surface area contributed by atoms with E-state index in [2.05, 4.69) is 25.3 Å². The number of hydrogen-bond donors (Lipinski definition) is 3. The van der Waals surface area contributed by atoms with E-state index in [0.717, 1.165) is 23.1 Å². The third-order valence-corrected chi connectivity index (χ3v) is 3.60. The summed E-state index contributed by atoms with van der Waals surface area (Å²) in [5, 5.41) is 3.04. The number of rotatable bonds is 3. The molecule has 0 bridgehead atoms. The smallest absolute Gasteiger partial charge is 0.224 e. The molecule has 3 aromatic rings. The third-order valence-electron chi connectivity index (χ3n) is 3.60. The summed E-state index contributed by atoms with van der Waals surface area (Å²) < 4.78 is 0. The largest absolute Gasteiger partial charge is 0.387 e. The normalized spacial score (nSPS) is 10.7. The molecule has 2 heterocycles. The van der Waals surface area contributed by atoms with Crippen molar-refractivity contribution in [2.24, 2.45) is 0 Å². The van der Waals surface area contributed by atoms with Crippen molar-refractivity contribution in [2.45, 2.75) is 6.92 Å². The van der Waals surface area contributed by atoms with Gasteiger partial charge in [0.1, 0.15) is 0 Å². The Morgan fingerprint density at radius 2 is 1.96 bits per heavy atom. The lowest BCUT2D eigenvalue weighted by molar-refractivity contribution is 0.112. The Labute approximate surface area is 132 Å².